The molecule has 0 unspecified atom stereocenters. The first-order valence-electron chi connectivity index (χ1n) is 10.9. The molecule has 1 fully saturated rings. The van der Waals surface area contributed by atoms with Crippen LogP contribution in [-0.2, 0) is 19.1 Å². The van der Waals surface area contributed by atoms with Crippen molar-refractivity contribution in [3.05, 3.63) is 71.4 Å². The molecular weight excluding hydrogens is 422 g/mol. The molecule has 8 heteroatoms. The molecule has 0 radical (unpaired) electrons. The fourth-order valence-corrected chi connectivity index (χ4v) is 3.99. The van der Waals surface area contributed by atoms with Gasteiger partial charge in [-0.3, -0.25) is 9.59 Å². The van der Waals surface area contributed by atoms with Crippen molar-refractivity contribution >= 4 is 29.0 Å². The number of benzene rings is 2. The molecule has 1 saturated heterocycles. The fourth-order valence-electron chi connectivity index (χ4n) is 3.99. The number of likely N-dealkylation sites (N-methyl/N-ethyl adjacent to an activating group) is 1. The zero-order valence-corrected chi connectivity index (χ0v) is 18.8. The third-order valence-corrected chi connectivity index (χ3v) is 5.82. The Morgan fingerprint density at radius 3 is 2.18 bits per heavy atom. The van der Waals surface area contributed by atoms with Gasteiger partial charge in [-0.15, -0.1) is 0 Å². The summed E-state index contributed by atoms with van der Waals surface area (Å²) in [5.41, 5.74) is 2.31. The second kappa shape index (κ2) is 9.97. The Kier molecular flexibility index (Phi) is 6.86. The van der Waals surface area contributed by atoms with Gasteiger partial charge in [0, 0.05) is 33.3 Å². The highest BCUT2D eigenvalue weighted by Gasteiger charge is 2.42. The van der Waals surface area contributed by atoms with Crippen LogP contribution < -0.4 is 4.90 Å². The van der Waals surface area contributed by atoms with Crippen LogP contribution in [0.1, 0.15) is 15.9 Å². The minimum Gasteiger partial charge on any atom is -0.460 e. The number of hydrogen-bond acceptors (Lipinski definition) is 7. The van der Waals surface area contributed by atoms with Crippen LogP contribution in [-0.4, -0.2) is 81.1 Å². The summed E-state index contributed by atoms with van der Waals surface area (Å²) in [7, 11) is 3.57. The number of ether oxygens (including phenoxy) is 2. The second-order valence-corrected chi connectivity index (χ2v) is 8.00. The molecule has 0 saturated carbocycles. The molecule has 33 heavy (non-hydrogen) atoms. The van der Waals surface area contributed by atoms with Crippen molar-refractivity contribution in [1.82, 2.24) is 9.80 Å². The summed E-state index contributed by atoms with van der Waals surface area (Å²) in [4.78, 5) is 44.6. The lowest BCUT2D eigenvalue weighted by Gasteiger charge is -2.34. The number of carbonyl (C=O) groups is 3. The maximum absolute atomic E-state index is 13.6. The minimum atomic E-state index is -0.487. The highest BCUT2D eigenvalue weighted by Crippen LogP contribution is 2.35. The molecule has 2 aromatic carbocycles. The van der Waals surface area contributed by atoms with E-state index >= 15 is 0 Å². The van der Waals surface area contributed by atoms with Crippen molar-refractivity contribution in [3.8, 4) is 0 Å². The maximum Gasteiger partial charge on any atom is 0.338 e. The molecule has 2 aliphatic heterocycles. The Morgan fingerprint density at radius 1 is 0.879 bits per heavy atom. The number of amides is 2. The van der Waals surface area contributed by atoms with E-state index in [1.54, 1.807) is 24.3 Å². The predicted octanol–water partition coefficient (Wildman–Crippen LogP) is 2.02. The third kappa shape index (κ3) is 4.67. The van der Waals surface area contributed by atoms with Crippen LogP contribution in [0, 0.1) is 0 Å². The molecule has 0 spiro atoms. The van der Waals surface area contributed by atoms with E-state index in [0.29, 0.717) is 47.8 Å². The maximum atomic E-state index is 13.6. The molecule has 172 valence electrons. The van der Waals surface area contributed by atoms with Crippen molar-refractivity contribution in [3.63, 3.8) is 0 Å². The first kappa shape index (κ1) is 22.7. The van der Waals surface area contributed by atoms with E-state index in [1.807, 2.05) is 42.3 Å². The summed E-state index contributed by atoms with van der Waals surface area (Å²) in [5, 5.41) is 0. The molecule has 2 aliphatic rings. The fraction of sp³-hybridized carbons (Fsp3) is 0.320. The standard InChI is InChI=1S/C25H27N3O5/c1-26-12-14-27(15-13-26)22-21(18-6-4-3-5-7-18)23(29)28(24(22)30)20-10-8-19(9-11-20)25(31)33-17-16-32-2/h3-11H,12-17H2,1-2H3. The van der Waals surface area contributed by atoms with Gasteiger partial charge in [0.1, 0.15) is 12.3 Å². The Balaban J connectivity index is 1.63. The molecule has 0 atom stereocenters. The van der Waals surface area contributed by atoms with Crippen molar-refractivity contribution in [2.75, 3.05) is 58.5 Å². The van der Waals surface area contributed by atoms with Crippen LogP contribution in [0.25, 0.3) is 5.57 Å². The third-order valence-electron chi connectivity index (χ3n) is 5.82. The summed E-state index contributed by atoms with van der Waals surface area (Å²) in [6, 6.07) is 15.6. The SMILES string of the molecule is COCCOC(=O)c1ccc(N2C(=O)C(c3ccccc3)=C(N3CCN(C)CC3)C2=O)cc1. The first-order valence-corrected chi connectivity index (χ1v) is 10.9. The largest absolute Gasteiger partial charge is 0.460 e. The molecule has 8 nitrogen and oxygen atoms in total. The molecule has 0 N–H and O–H groups in total. The normalized spacial score (nSPS) is 17.2. The summed E-state index contributed by atoms with van der Waals surface area (Å²) in [6.07, 6.45) is 0. The molecule has 2 heterocycles. The lowest BCUT2D eigenvalue weighted by Crippen LogP contribution is -2.46. The predicted molar refractivity (Wildman–Crippen MR) is 124 cm³/mol. The van der Waals surface area contributed by atoms with Gasteiger partial charge in [0.25, 0.3) is 11.8 Å². The molecule has 2 amide bonds. The number of anilines is 1. The van der Waals surface area contributed by atoms with Gasteiger partial charge in [-0.2, -0.15) is 0 Å². The summed E-state index contributed by atoms with van der Waals surface area (Å²) in [5.74, 6) is -1.20. The van der Waals surface area contributed by atoms with Crippen LogP contribution in [0.4, 0.5) is 5.69 Å². The van der Waals surface area contributed by atoms with E-state index in [1.165, 1.54) is 12.0 Å². The average Bonchev–Trinajstić information content (AvgIpc) is 3.10. The number of rotatable bonds is 7. The van der Waals surface area contributed by atoms with Gasteiger partial charge in [-0.25, -0.2) is 9.69 Å². The van der Waals surface area contributed by atoms with Gasteiger partial charge in [-0.1, -0.05) is 30.3 Å². The van der Waals surface area contributed by atoms with E-state index in [9.17, 15) is 14.4 Å². The van der Waals surface area contributed by atoms with Crippen LogP contribution in [0.15, 0.2) is 60.3 Å². The van der Waals surface area contributed by atoms with E-state index in [0.717, 1.165) is 13.1 Å². The Hall–Kier alpha value is -3.49. The van der Waals surface area contributed by atoms with Crippen molar-refractivity contribution in [1.29, 1.82) is 0 Å². The number of nitrogens with zero attached hydrogens (tertiary/aromatic N) is 3. The van der Waals surface area contributed by atoms with Gasteiger partial charge in [-0.05, 0) is 36.9 Å². The van der Waals surface area contributed by atoms with Crippen molar-refractivity contribution in [2.24, 2.45) is 0 Å². The van der Waals surface area contributed by atoms with E-state index in [4.69, 9.17) is 9.47 Å². The zero-order valence-electron chi connectivity index (χ0n) is 18.8. The number of hydrogen-bond donors (Lipinski definition) is 0. The molecule has 0 aliphatic carbocycles. The van der Waals surface area contributed by atoms with Gasteiger partial charge < -0.3 is 19.3 Å². The summed E-state index contributed by atoms with van der Waals surface area (Å²) < 4.78 is 10.0. The quantitative estimate of drug-likeness (QED) is 0.364. The van der Waals surface area contributed by atoms with Gasteiger partial charge in [0.15, 0.2) is 0 Å². The number of methoxy groups -OCH3 is 1. The number of esters is 1. The van der Waals surface area contributed by atoms with E-state index in [-0.39, 0.29) is 18.4 Å². The van der Waals surface area contributed by atoms with Crippen LogP contribution in [0.5, 0.6) is 0 Å². The first-order chi connectivity index (χ1) is 16.0. The number of imide groups is 1. The van der Waals surface area contributed by atoms with Crippen LogP contribution in [0.3, 0.4) is 0 Å². The highest BCUT2D eigenvalue weighted by atomic mass is 16.6. The van der Waals surface area contributed by atoms with Crippen LogP contribution in [0.2, 0.25) is 0 Å². The van der Waals surface area contributed by atoms with E-state index < -0.39 is 5.97 Å². The van der Waals surface area contributed by atoms with Crippen molar-refractivity contribution < 1.29 is 23.9 Å². The minimum absolute atomic E-state index is 0.152. The van der Waals surface area contributed by atoms with Gasteiger partial charge in [0.05, 0.1) is 23.4 Å². The Bertz CT molecular complexity index is 1060. The smallest absolute Gasteiger partial charge is 0.338 e. The zero-order chi connectivity index (χ0) is 23.4. The lowest BCUT2D eigenvalue weighted by molar-refractivity contribution is -0.120. The molecule has 4 rings (SSSR count). The molecule has 2 aromatic rings. The molecule has 0 aromatic heterocycles. The summed E-state index contributed by atoms with van der Waals surface area (Å²) in [6.45, 7) is 3.42. The monoisotopic (exact) mass is 449 g/mol. The average molecular weight is 450 g/mol. The Labute approximate surface area is 193 Å². The number of carbonyl (C=O) groups excluding carboxylic acids is 3. The van der Waals surface area contributed by atoms with Gasteiger partial charge >= 0.3 is 5.97 Å². The summed E-state index contributed by atoms with van der Waals surface area (Å²) >= 11 is 0. The molecular formula is C25H27N3O5. The van der Waals surface area contributed by atoms with Crippen molar-refractivity contribution in [2.45, 2.75) is 0 Å². The topological polar surface area (TPSA) is 79.4 Å². The second-order valence-electron chi connectivity index (χ2n) is 8.00. The number of piperazine rings is 1. The molecule has 0 bridgehead atoms. The lowest BCUT2D eigenvalue weighted by atomic mass is 10.0. The van der Waals surface area contributed by atoms with Crippen LogP contribution >= 0.6 is 0 Å². The highest BCUT2D eigenvalue weighted by molar-refractivity contribution is 6.45. The van der Waals surface area contributed by atoms with E-state index in [2.05, 4.69) is 4.90 Å². The van der Waals surface area contributed by atoms with Gasteiger partial charge in [0.2, 0.25) is 0 Å². The Morgan fingerprint density at radius 2 is 1.55 bits per heavy atom.